The lowest BCUT2D eigenvalue weighted by molar-refractivity contribution is 0.0926. The van der Waals surface area contributed by atoms with Crippen LogP contribution >= 0.6 is 0 Å². The number of methoxy groups -OCH3 is 1. The van der Waals surface area contributed by atoms with Gasteiger partial charge in [0, 0.05) is 7.11 Å². The first-order valence-corrected chi connectivity index (χ1v) is 4.24. The Kier molecular flexibility index (Phi) is 3.58. The first-order chi connectivity index (χ1) is 6.24. The molecule has 0 heterocycles. The van der Waals surface area contributed by atoms with Crippen LogP contribution in [0.2, 0.25) is 0 Å². The van der Waals surface area contributed by atoms with Crippen molar-refractivity contribution >= 4 is 5.69 Å². The zero-order valence-electron chi connectivity index (χ0n) is 7.99. The van der Waals surface area contributed by atoms with E-state index in [0.717, 1.165) is 0 Å². The molecule has 3 nitrogen and oxygen atoms in total. The number of ether oxygens (including phenoxy) is 2. The highest BCUT2D eigenvalue weighted by Gasteiger charge is 2.04. The van der Waals surface area contributed by atoms with E-state index in [0.29, 0.717) is 18.0 Å². The topological polar surface area (TPSA) is 44.5 Å². The molecule has 1 unspecified atom stereocenters. The average molecular weight is 181 g/mol. The van der Waals surface area contributed by atoms with E-state index in [2.05, 4.69) is 0 Å². The highest BCUT2D eigenvalue weighted by molar-refractivity contribution is 5.51. The van der Waals surface area contributed by atoms with E-state index in [4.69, 9.17) is 15.2 Å². The standard InChI is InChI=1S/C10H15NO2/c1-8(7-12-2)13-10-6-4-3-5-9(10)11/h3-6,8H,7,11H2,1-2H3. The van der Waals surface area contributed by atoms with Crippen molar-refractivity contribution in [3.63, 3.8) is 0 Å². The molecular formula is C10H15NO2. The summed E-state index contributed by atoms with van der Waals surface area (Å²) in [5.41, 5.74) is 6.36. The van der Waals surface area contributed by atoms with E-state index >= 15 is 0 Å². The molecule has 72 valence electrons. The van der Waals surface area contributed by atoms with Gasteiger partial charge in [0.15, 0.2) is 0 Å². The predicted octanol–water partition coefficient (Wildman–Crippen LogP) is 1.68. The summed E-state index contributed by atoms with van der Waals surface area (Å²) in [4.78, 5) is 0. The van der Waals surface area contributed by atoms with Gasteiger partial charge in [0.05, 0.1) is 12.3 Å². The van der Waals surface area contributed by atoms with Crippen LogP contribution in [-0.4, -0.2) is 19.8 Å². The maximum atomic E-state index is 5.70. The van der Waals surface area contributed by atoms with Gasteiger partial charge in [-0.15, -0.1) is 0 Å². The Bertz CT molecular complexity index is 263. The molecule has 0 aliphatic rings. The monoisotopic (exact) mass is 181 g/mol. The zero-order valence-corrected chi connectivity index (χ0v) is 7.99. The summed E-state index contributed by atoms with van der Waals surface area (Å²) in [5, 5.41) is 0. The lowest BCUT2D eigenvalue weighted by Gasteiger charge is -2.14. The SMILES string of the molecule is COCC(C)Oc1ccccc1N. The van der Waals surface area contributed by atoms with Crippen molar-refractivity contribution < 1.29 is 9.47 Å². The zero-order chi connectivity index (χ0) is 9.68. The molecule has 2 N–H and O–H groups in total. The summed E-state index contributed by atoms with van der Waals surface area (Å²) < 4.78 is 10.5. The van der Waals surface area contributed by atoms with Gasteiger partial charge in [0.2, 0.25) is 0 Å². The number of nitrogen functional groups attached to an aromatic ring is 1. The van der Waals surface area contributed by atoms with Gasteiger partial charge in [0.25, 0.3) is 0 Å². The number of hydrogen-bond acceptors (Lipinski definition) is 3. The smallest absolute Gasteiger partial charge is 0.142 e. The predicted molar refractivity (Wildman–Crippen MR) is 52.8 cm³/mol. The molecule has 0 aliphatic heterocycles. The van der Waals surface area contributed by atoms with Crippen LogP contribution in [0.4, 0.5) is 5.69 Å². The minimum absolute atomic E-state index is 0.0229. The summed E-state index contributed by atoms with van der Waals surface area (Å²) in [6, 6.07) is 7.44. The van der Waals surface area contributed by atoms with Crippen molar-refractivity contribution in [2.24, 2.45) is 0 Å². The van der Waals surface area contributed by atoms with Gasteiger partial charge in [-0.05, 0) is 19.1 Å². The Hall–Kier alpha value is -1.22. The van der Waals surface area contributed by atoms with Gasteiger partial charge < -0.3 is 15.2 Å². The summed E-state index contributed by atoms with van der Waals surface area (Å²) in [7, 11) is 1.65. The normalized spacial score (nSPS) is 12.5. The van der Waals surface area contributed by atoms with Crippen molar-refractivity contribution in [3.05, 3.63) is 24.3 Å². The molecule has 0 aromatic heterocycles. The molecule has 0 saturated carbocycles. The molecule has 0 radical (unpaired) electrons. The van der Waals surface area contributed by atoms with Crippen LogP contribution in [0.5, 0.6) is 5.75 Å². The molecule has 13 heavy (non-hydrogen) atoms. The third kappa shape index (κ3) is 2.95. The number of anilines is 1. The van der Waals surface area contributed by atoms with E-state index in [-0.39, 0.29) is 6.10 Å². The lowest BCUT2D eigenvalue weighted by Crippen LogP contribution is -2.18. The molecule has 0 saturated heterocycles. The summed E-state index contributed by atoms with van der Waals surface area (Å²) in [6.07, 6.45) is 0.0229. The van der Waals surface area contributed by atoms with E-state index < -0.39 is 0 Å². The van der Waals surface area contributed by atoms with Gasteiger partial charge in [-0.2, -0.15) is 0 Å². The Morgan fingerprint density at radius 3 is 2.69 bits per heavy atom. The number of rotatable bonds is 4. The number of hydrogen-bond donors (Lipinski definition) is 1. The van der Waals surface area contributed by atoms with Crippen molar-refractivity contribution in [3.8, 4) is 5.75 Å². The molecule has 0 bridgehead atoms. The largest absolute Gasteiger partial charge is 0.486 e. The van der Waals surface area contributed by atoms with Gasteiger partial charge in [-0.25, -0.2) is 0 Å². The van der Waals surface area contributed by atoms with Gasteiger partial charge in [0.1, 0.15) is 11.9 Å². The fraction of sp³-hybridized carbons (Fsp3) is 0.400. The first kappa shape index (κ1) is 9.86. The number of benzene rings is 1. The molecule has 1 rings (SSSR count). The lowest BCUT2D eigenvalue weighted by atomic mass is 10.3. The summed E-state index contributed by atoms with van der Waals surface area (Å²) in [6.45, 7) is 2.50. The van der Waals surface area contributed by atoms with Gasteiger partial charge in [-0.1, -0.05) is 12.1 Å². The van der Waals surface area contributed by atoms with Crippen molar-refractivity contribution in [1.29, 1.82) is 0 Å². The van der Waals surface area contributed by atoms with Crippen LogP contribution in [-0.2, 0) is 4.74 Å². The first-order valence-electron chi connectivity index (χ1n) is 4.24. The molecule has 1 aromatic rings. The van der Waals surface area contributed by atoms with Crippen LogP contribution in [0, 0.1) is 0 Å². The fourth-order valence-electron chi connectivity index (χ4n) is 1.07. The van der Waals surface area contributed by atoms with Gasteiger partial charge in [-0.3, -0.25) is 0 Å². The van der Waals surface area contributed by atoms with Crippen LogP contribution in [0.3, 0.4) is 0 Å². The van der Waals surface area contributed by atoms with Crippen molar-refractivity contribution in [1.82, 2.24) is 0 Å². The Labute approximate surface area is 78.5 Å². The van der Waals surface area contributed by atoms with Crippen LogP contribution in [0.25, 0.3) is 0 Å². The maximum Gasteiger partial charge on any atom is 0.142 e. The second-order valence-electron chi connectivity index (χ2n) is 2.92. The van der Waals surface area contributed by atoms with E-state index in [1.165, 1.54) is 0 Å². The molecule has 3 heteroatoms. The highest BCUT2D eigenvalue weighted by Crippen LogP contribution is 2.20. The molecule has 0 fully saturated rings. The Morgan fingerprint density at radius 2 is 2.08 bits per heavy atom. The van der Waals surface area contributed by atoms with E-state index in [9.17, 15) is 0 Å². The summed E-state index contributed by atoms with van der Waals surface area (Å²) in [5.74, 6) is 0.715. The molecule has 0 spiro atoms. The maximum absolute atomic E-state index is 5.70. The van der Waals surface area contributed by atoms with Crippen LogP contribution in [0.15, 0.2) is 24.3 Å². The van der Waals surface area contributed by atoms with E-state index in [1.807, 2.05) is 31.2 Å². The highest BCUT2D eigenvalue weighted by atomic mass is 16.5. The van der Waals surface area contributed by atoms with Crippen LogP contribution < -0.4 is 10.5 Å². The molecule has 0 aliphatic carbocycles. The Balaban J connectivity index is 2.58. The number of para-hydroxylation sites is 2. The minimum Gasteiger partial charge on any atom is -0.486 e. The van der Waals surface area contributed by atoms with Crippen molar-refractivity contribution in [2.45, 2.75) is 13.0 Å². The molecule has 1 aromatic carbocycles. The van der Waals surface area contributed by atoms with E-state index in [1.54, 1.807) is 7.11 Å². The third-order valence-electron chi connectivity index (χ3n) is 1.65. The Morgan fingerprint density at radius 1 is 1.38 bits per heavy atom. The van der Waals surface area contributed by atoms with Crippen molar-refractivity contribution in [2.75, 3.05) is 19.5 Å². The molecule has 0 amide bonds. The number of nitrogens with two attached hydrogens (primary N) is 1. The van der Waals surface area contributed by atoms with Crippen LogP contribution in [0.1, 0.15) is 6.92 Å². The minimum atomic E-state index is 0.0229. The molecular weight excluding hydrogens is 166 g/mol. The van der Waals surface area contributed by atoms with Gasteiger partial charge >= 0.3 is 0 Å². The summed E-state index contributed by atoms with van der Waals surface area (Å²) >= 11 is 0. The second-order valence-corrected chi connectivity index (χ2v) is 2.92. The quantitative estimate of drug-likeness (QED) is 0.719. The second kappa shape index (κ2) is 4.72. The third-order valence-corrected chi connectivity index (χ3v) is 1.65. The average Bonchev–Trinajstić information content (AvgIpc) is 2.09. The molecule has 1 atom stereocenters. The fourth-order valence-corrected chi connectivity index (χ4v) is 1.07.